The average molecular weight is 444 g/mol. The van der Waals surface area contributed by atoms with Crippen LogP contribution < -0.4 is 20.5 Å². The number of cyclic esters (lactones) is 1. The summed E-state index contributed by atoms with van der Waals surface area (Å²) in [6.45, 7) is 6.39. The number of aromatic nitrogens is 3. The van der Waals surface area contributed by atoms with Gasteiger partial charge in [0.25, 0.3) is 5.56 Å². The second-order valence-corrected chi connectivity index (χ2v) is 7.87. The molecule has 2 aromatic heterocycles. The molecule has 0 bridgehead atoms. The van der Waals surface area contributed by atoms with E-state index in [1.807, 2.05) is 20.8 Å². The summed E-state index contributed by atoms with van der Waals surface area (Å²) in [5.41, 5.74) is 0.882. The topological polar surface area (TPSA) is 109 Å². The zero-order valence-corrected chi connectivity index (χ0v) is 18.1. The van der Waals surface area contributed by atoms with E-state index in [9.17, 15) is 9.59 Å². The quantitative estimate of drug-likeness (QED) is 0.594. The van der Waals surface area contributed by atoms with Crippen LogP contribution in [-0.4, -0.2) is 40.3 Å². The number of amides is 1. The standard InChI is InChI=1S/C21H22ClN5O4/c1-11(2)31-17-10-16-13(9-15(17)22)8-14(19(28)25-16)12(3)24-20-23-5-4-18(26-20)27-6-7-30-21(27)29/h4-5,8-12H,6-7H2,1-3H3,(H,25,28)(H,23,24,26)/t12-/m0/s1. The first-order valence-corrected chi connectivity index (χ1v) is 10.3. The summed E-state index contributed by atoms with van der Waals surface area (Å²) < 4.78 is 10.6. The number of ether oxygens (including phenoxy) is 2. The smallest absolute Gasteiger partial charge is 0.415 e. The maximum absolute atomic E-state index is 12.7. The number of carbonyl (C=O) groups excluding carboxylic acids is 1. The summed E-state index contributed by atoms with van der Waals surface area (Å²) in [7, 11) is 0. The number of hydrogen-bond donors (Lipinski definition) is 2. The maximum atomic E-state index is 12.7. The number of carbonyl (C=O) groups is 1. The lowest BCUT2D eigenvalue weighted by Crippen LogP contribution is -2.25. The minimum absolute atomic E-state index is 0.0386. The maximum Gasteiger partial charge on any atom is 0.415 e. The molecule has 162 valence electrons. The number of H-pyrrole nitrogens is 1. The lowest BCUT2D eigenvalue weighted by Gasteiger charge is -2.17. The third-order valence-electron chi connectivity index (χ3n) is 4.78. The molecule has 0 saturated carbocycles. The van der Waals surface area contributed by atoms with Crippen molar-refractivity contribution in [2.75, 3.05) is 23.4 Å². The Kier molecular flexibility index (Phi) is 5.69. The zero-order chi connectivity index (χ0) is 22.1. The molecule has 1 atom stereocenters. The van der Waals surface area contributed by atoms with Crippen molar-refractivity contribution in [3.05, 3.63) is 51.4 Å². The van der Waals surface area contributed by atoms with Gasteiger partial charge in [-0.25, -0.2) is 9.78 Å². The second-order valence-electron chi connectivity index (χ2n) is 7.46. The Labute approximate surface area is 183 Å². The Morgan fingerprint density at radius 3 is 2.77 bits per heavy atom. The Morgan fingerprint density at radius 2 is 2.06 bits per heavy atom. The Morgan fingerprint density at radius 1 is 1.26 bits per heavy atom. The van der Waals surface area contributed by atoms with E-state index in [0.29, 0.717) is 46.8 Å². The Hall–Kier alpha value is -3.33. The van der Waals surface area contributed by atoms with E-state index in [2.05, 4.69) is 20.3 Å². The van der Waals surface area contributed by atoms with Crippen LogP contribution in [0.3, 0.4) is 0 Å². The molecule has 1 aliphatic heterocycles. The van der Waals surface area contributed by atoms with Crippen molar-refractivity contribution in [3.63, 3.8) is 0 Å². The van der Waals surface area contributed by atoms with Gasteiger partial charge in [-0.3, -0.25) is 9.69 Å². The van der Waals surface area contributed by atoms with Gasteiger partial charge in [-0.05, 0) is 39.0 Å². The molecule has 4 rings (SSSR count). The fourth-order valence-electron chi connectivity index (χ4n) is 3.33. The molecule has 1 aliphatic rings. The van der Waals surface area contributed by atoms with Crippen LogP contribution in [0, 0.1) is 0 Å². The number of pyridine rings is 1. The molecule has 1 fully saturated rings. The average Bonchev–Trinajstić information content (AvgIpc) is 3.14. The Balaban J connectivity index is 1.60. The summed E-state index contributed by atoms with van der Waals surface area (Å²) in [6, 6.07) is 6.49. The van der Waals surface area contributed by atoms with Crippen LogP contribution in [0.15, 0.2) is 35.3 Å². The number of halogens is 1. The van der Waals surface area contributed by atoms with E-state index in [4.69, 9.17) is 21.1 Å². The van der Waals surface area contributed by atoms with Gasteiger partial charge >= 0.3 is 6.09 Å². The van der Waals surface area contributed by atoms with Crippen LogP contribution in [-0.2, 0) is 4.74 Å². The highest BCUT2D eigenvalue weighted by Gasteiger charge is 2.25. The summed E-state index contributed by atoms with van der Waals surface area (Å²) >= 11 is 6.35. The number of anilines is 2. The summed E-state index contributed by atoms with van der Waals surface area (Å²) in [5, 5.41) is 4.36. The molecule has 9 nitrogen and oxygen atoms in total. The lowest BCUT2D eigenvalue weighted by molar-refractivity contribution is 0.181. The summed E-state index contributed by atoms with van der Waals surface area (Å²) in [4.78, 5) is 37.4. The first kappa shape index (κ1) is 20.9. The van der Waals surface area contributed by atoms with E-state index >= 15 is 0 Å². The van der Waals surface area contributed by atoms with Crippen LogP contribution >= 0.6 is 11.6 Å². The zero-order valence-electron chi connectivity index (χ0n) is 17.3. The number of benzene rings is 1. The van der Waals surface area contributed by atoms with Crippen molar-refractivity contribution in [3.8, 4) is 5.75 Å². The van der Waals surface area contributed by atoms with Crippen molar-refractivity contribution in [1.82, 2.24) is 15.0 Å². The first-order valence-electron chi connectivity index (χ1n) is 9.89. The number of aromatic amines is 1. The minimum atomic E-state index is -0.443. The van der Waals surface area contributed by atoms with Gasteiger partial charge in [-0.2, -0.15) is 4.98 Å². The van der Waals surface area contributed by atoms with Gasteiger partial charge < -0.3 is 19.8 Å². The molecule has 0 radical (unpaired) electrons. The van der Waals surface area contributed by atoms with Crippen molar-refractivity contribution in [1.29, 1.82) is 0 Å². The first-order chi connectivity index (χ1) is 14.8. The number of hydrogen-bond acceptors (Lipinski definition) is 7. The van der Waals surface area contributed by atoms with Gasteiger partial charge in [-0.1, -0.05) is 11.6 Å². The molecule has 1 saturated heterocycles. The SMILES string of the molecule is CC(C)Oc1cc2[nH]c(=O)c([C@H](C)Nc3nccc(N4CCOC4=O)n3)cc2cc1Cl. The van der Waals surface area contributed by atoms with Gasteiger partial charge in [0, 0.05) is 23.2 Å². The predicted octanol–water partition coefficient (Wildman–Crippen LogP) is 3.89. The van der Waals surface area contributed by atoms with Gasteiger partial charge in [0.1, 0.15) is 18.2 Å². The number of fused-ring (bicyclic) bond motifs is 1. The Bertz CT molecular complexity index is 1200. The van der Waals surface area contributed by atoms with E-state index in [-0.39, 0.29) is 11.7 Å². The molecule has 31 heavy (non-hydrogen) atoms. The lowest BCUT2D eigenvalue weighted by atomic mass is 10.1. The van der Waals surface area contributed by atoms with E-state index in [1.165, 1.54) is 4.90 Å². The molecule has 1 aromatic carbocycles. The van der Waals surface area contributed by atoms with Gasteiger partial charge in [0.05, 0.1) is 29.2 Å². The largest absolute Gasteiger partial charge is 0.489 e. The van der Waals surface area contributed by atoms with E-state index in [0.717, 1.165) is 5.39 Å². The highest BCUT2D eigenvalue weighted by Crippen LogP contribution is 2.30. The molecule has 3 aromatic rings. The number of nitrogens with one attached hydrogen (secondary N) is 2. The molecule has 0 aliphatic carbocycles. The van der Waals surface area contributed by atoms with Gasteiger partial charge in [0.15, 0.2) is 0 Å². The van der Waals surface area contributed by atoms with Gasteiger partial charge in [-0.15, -0.1) is 0 Å². The highest BCUT2D eigenvalue weighted by atomic mass is 35.5. The number of nitrogens with zero attached hydrogens (tertiary/aromatic N) is 3. The van der Waals surface area contributed by atoms with E-state index < -0.39 is 12.1 Å². The molecule has 2 N–H and O–H groups in total. The van der Waals surface area contributed by atoms with Crippen LogP contribution in [0.5, 0.6) is 5.75 Å². The molecule has 0 unspecified atom stereocenters. The monoisotopic (exact) mass is 443 g/mol. The fourth-order valence-corrected chi connectivity index (χ4v) is 3.55. The molecule has 10 heteroatoms. The summed E-state index contributed by atoms with van der Waals surface area (Å²) in [6.07, 6.45) is 1.06. The molecular formula is C21H22ClN5O4. The van der Waals surface area contributed by atoms with Crippen LogP contribution in [0.25, 0.3) is 10.9 Å². The minimum Gasteiger partial charge on any atom is -0.489 e. The third-order valence-corrected chi connectivity index (χ3v) is 5.07. The van der Waals surface area contributed by atoms with E-state index in [1.54, 1.807) is 30.5 Å². The van der Waals surface area contributed by atoms with Crippen LogP contribution in [0.4, 0.5) is 16.6 Å². The third kappa shape index (κ3) is 4.41. The fraction of sp³-hybridized carbons (Fsp3) is 0.333. The van der Waals surface area contributed by atoms with Crippen molar-refractivity contribution < 1.29 is 14.3 Å². The number of rotatable bonds is 6. The van der Waals surface area contributed by atoms with Crippen molar-refractivity contribution >= 4 is 40.4 Å². The van der Waals surface area contributed by atoms with Crippen molar-refractivity contribution in [2.24, 2.45) is 0 Å². The highest BCUT2D eigenvalue weighted by molar-refractivity contribution is 6.32. The second kappa shape index (κ2) is 8.43. The van der Waals surface area contributed by atoms with Crippen LogP contribution in [0.1, 0.15) is 32.4 Å². The normalized spacial score (nSPS) is 14.7. The summed E-state index contributed by atoms with van der Waals surface area (Å²) in [5.74, 6) is 1.25. The van der Waals surface area contributed by atoms with Gasteiger partial charge in [0.2, 0.25) is 5.95 Å². The molecular weight excluding hydrogens is 422 g/mol. The van der Waals surface area contributed by atoms with Crippen LogP contribution in [0.2, 0.25) is 5.02 Å². The molecule has 3 heterocycles. The molecule has 0 spiro atoms. The molecule has 1 amide bonds. The predicted molar refractivity (Wildman–Crippen MR) is 118 cm³/mol. The van der Waals surface area contributed by atoms with Crippen molar-refractivity contribution in [2.45, 2.75) is 32.9 Å².